The molecule has 3 heteroatoms. The lowest BCUT2D eigenvalue weighted by Gasteiger charge is -2.20. The first-order chi connectivity index (χ1) is 8.81. The van der Waals surface area contributed by atoms with Crippen LogP contribution in [0.5, 0.6) is 0 Å². The first-order valence-electron chi connectivity index (χ1n) is 6.67. The van der Waals surface area contributed by atoms with Gasteiger partial charge in [0.2, 0.25) is 0 Å². The highest BCUT2D eigenvalue weighted by molar-refractivity contribution is 7.16. The normalized spacial score (nSPS) is 21.3. The van der Waals surface area contributed by atoms with E-state index in [0.717, 1.165) is 11.6 Å². The van der Waals surface area contributed by atoms with Gasteiger partial charge in [-0.2, -0.15) is 0 Å². The summed E-state index contributed by atoms with van der Waals surface area (Å²) < 4.78 is 0. The zero-order valence-corrected chi connectivity index (χ0v) is 11.3. The maximum atomic E-state index is 4.81. The van der Waals surface area contributed by atoms with Crippen LogP contribution in [0.3, 0.4) is 0 Å². The number of hydrogen-bond acceptors (Lipinski definition) is 3. The average Bonchev–Trinajstić information content (AvgIpc) is 3.09. The Morgan fingerprint density at radius 3 is 2.94 bits per heavy atom. The molecule has 1 aromatic heterocycles. The molecule has 0 spiro atoms. The number of nitrogens with zero attached hydrogens (tertiary/aromatic N) is 1. The van der Waals surface area contributed by atoms with Gasteiger partial charge < -0.3 is 5.32 Å². The SMILES string of the molecule is CC1Cc2sc(NC3CC3)nc2-c2ccccc21. The van der Waals surface area contributed by atoms with Gasteiger partial charge in [-0.3, -0.25) is 0 Å². The predicted octanol–water partition coefficient (Wildman–Crippen LogP) is 4.04. The fraction of sp³-hybridized carbons (Fsp3) is 0.400. The Kier molecular flexibility index (Phi) is 2.24. The molecule has 0 saturated heterocycles. The Labute approximate surface area is 111 Å². The monoisotopic (exact) mass is 256 g/mol. The summed E-state index contributed by atoms with van der Waals surface area (Å²) >= 11 is 1.85. The van der Waals surface area contributed by atoms with Crippen LogP contribution in [-0.4, -0.2) is 11.0 Å². The van der Waals surface area contributed by atoms with Crippen molar-refractivity contribution in [1.29, 1.82) is 0 Å². The Bertz CT molecular complexity index is 598. The zero-order valence-electron chi connectivity index (χ0n) is 10.4. The van der Waals surface area contributed by atoms with Gasteiger partial charge in [0.15, 0.2) is 5.13 Å². The van der Waals surface area contributed by atoms with Gasteiger partial charge in [0.1, 0.15) is 0 Å². The third-order valence-corrected chi connectivity index (χ3v) is 4.85. The molecule has 2 aliphatic rings. The van der Waals surface area contributed by atoms with Crippen LogP contribution in [0.1, 0.15) is 36.1 Å². The molecule has 1 unspecified atom stereocenters. The molecule has 4 rings (SSSR count). The summed E-state index contributed by atoms with van der Waals surface area (Å²) in [5.74, 6) is 0.614. The maximum Gasteiger partial charge on any atom is 0.183 e. The van der Waals surface area contributed by atoms with E-state index in [-0.39, 0.29) is 0 Å². The van der Waals surface area contributed by atoms with Crippen LogP contribution in [0.25, 0.3) is 11.3 Å². The van der Waals surface area contributed by atoms with E-state index in [9.17, 15) is 0 Å². The maximum absolute atomic E-state index is 4.81. The molecule has 18 heavy (non-hydrogen) atoms. The minimum absolute atomic E-state index is 0.614. The summed E-state index contributed by atoms with van der Waals surface area (Å²) in [7, 11) is 0. The van der Waals surface area contributed by atoms with Gasteiger partial charge in [0, 0.05) is 16.5 Å². The largest absolute Gasteiger partial charge is 0.359 e. The van der Waals surface area contributed by atoms with Crippen LogP contribution in [0.15, 0.2) is 24.3 Å². The molecule has 0 aliphatic heterocycles. The lowest BCUT2D eigenvalue weighted by molar-refractivity contribution is 0.757. The number of rotatable bonds is 2. The summed E-state index contributed by atoms with van der Waals surface area (Å²) in [6, 6.07) is 9.40. The third kappa shape index (κ3) is 1.65. The molecular weight excluding hydrogens is 240 g/mol. The van der Waals surface area contributed by atoms with Crippen molar-refractivity contribution in [3.05, 3.63) is 34.7 Å². The fourth-order valence-corrected chi connectivity index (χ4v) is 3.88. The number of aromatic nitrogens is 1. The molecule has 1 heterocycles. The minimum Gasteiger partial charge on any atom is -0.359 e. The summed E-state index contributed by atoms with van der Waals surface area (Å²) in [5.41, 5.74) is 4.01. The first kappa shape index (κ1) is 10.6. The van der Waals surface area contributed by atoms with Crippen molar-refractivity contribution in [3.8, 4) is 11.3 Å². The molecule has 1 fully saturated rings. The van der Waals surface area contributed by atoms with Gasteiger partial charge in [0.25, 0.3) is 0 Å². The fourth-order valence-electron chi connectivity index (χ4n) is 2.69. The molecule has 2 nitrogen and oxygen atoms in total. The van der Waals surface area contributed by atoms with Gasteiger partial charge in [-0.1, -0.05) is 31.2 Å². The van der Waals surface area contributed by atoms with Crippen molar-refractivity contribution < 1.29 is 0 Å². The Balaban J connectivity index is 1.79. The molecule has 0 amide bonds. The highest BCUT2D eigenvalue weighted by atomic mass is 32.1. The van der Waals surface area contributed by atoms with E-state index in [1.54, 1.807) is 0 Å². The van der Waals surface area contributed by atoms with Crippen LogP contribution in [-0.2, 0) is 6.42 Å². The lowest BCUT2D eigenvalue weighted by atomic mass is 9.86. The summed E-state index contributed by atoms with van der Waals surface area (Å²) in [6.45, 7) is 2.31. The molecule has 0 radical (unpaired) electrons. The van der Waals surface area contributed by atoms with E-state index in [1.165, 1.54) is 34.5 Å². The van der Waals surface area contributed by atoms with Gasteiger partial charge in [-0.05, 0) is 30.7 Å². The second-order valence-corrected chi connectivity index (χ2v) is 6.49. The molecule has 2 aromatic rings. The topological polar surface area (TPSA) is 24.9 Å². The standard InChI is InChI=1S/C15H16N2S/c1-9-8-13-14(12-5-3-2-4-11(9)12)17-15(18-13)16-10-6-7-10/h2-5,9-10H,6-8H2,1H3,(H,16,17). The number of nitrogens with one attached hydrogen (secondary N) is 1. The molecule has 92 valence electrons. The average molecular weight is 256 g/mol. The van der Waals surface area contributed by atoms with E-state index in [1.807, 2.05) is 11.3 Å². The Morgan fingerprint density at radius 1 is 1.28 bits per heavy atom. The summed E-state index contributed by atoms with van der Waals surface area (Å²) in [6.07, 6.45) is 3.74. The van der Waals surface area contributed by atoms with Crippen molar-refractivity contribution >= 4 is 16.5 Å². The van der Waals surface area contributed by atoms with Crippen molar-refractivity contribution in [1.82, 2.24) is 4.98 Å². The van der Waals surface area contributed by atoms with Gasteiger partial charge in [0.05, 0.1) is 5.69 Å². The highest BCUT2D eigenvalue weighted by Crippen LogP contribution is 2.43. The molecule has 1 N–H and O–H groups in total. The van der Waals surface area contributed by atoms with Crippen LogP contribution in [0.4, 0.5) is 5.13 Å². The molecule has 1 atom stereocenters. The number of fused-ring (bicyclic) bond motifs is 3. The number of benzene rings is 1. The zero-order chi connectivity index (χ0) is 12.1. The molecule has 0 bridgehead atoms. The predicted molar refractivity (Wildman–Crippen MR) is 76.3 cm³/mol. The smallest absolute Gasteiger partial charge is 0.183 e. The van der Waals surface area contributed by atoms with E-state index < -0.39 is 0 Å². The van der Waals surface area contributed by atoms with Crippen LogP contribution < -0.4 is 5.32 Å². The second-order valence-electron chi connectivity index (χ2n) is 5.40. The van der Waals surface area contributed by atoms with E-state index in [4.69, 9.17) is 4.98 Å². The first-order valence-corrected chi connectivity index (χ1v) is 7.48. The number of thiazole rings is 1. The van der Waals surface area contributed by atoms with Crippen LogP contribution in [0, 0.1) is 0 Å². The summed E-state index contributed by atoms with van der Waals surface area (Å²) in [4.78, 5) is 6.26. The van der Waals surface area contributed by atoms with E-state index >= 15 is 0 Å². The van der Waals surface area contributed by atoms with Crippen molar-refractivity contribution in [2.75, 3.05) is 5.32 Å². The Hall–Kier alpha value is -1.35. The quantitative estimate of drug-likeness (QED) is 0.877. The lowest BCUT2D eigenvalue weighted by Crippen LogP contribution is -2.06. The number of hydrogen-bond donors (Lipinski definition) is 1. The van der Waals surface area contributed by atoms with Crippen LogP contribution >= 0.6 is 11.3 Å². The van der Waals surface area contributed by atoms with Crippen molar-refractivity contribution in [2.24, 2.45) is 0 Å². The van der Waals surface area contributed by atoms with Gasteiger partial charge >= 0.3 is 0 Å². The Morgan fingerprint density at radius 2 is 2.11 bits per heavy atom. The highest BCUT2D eigenvalue weighted by Gasteiger charge is 2.27. The molecule has 1 aromatic carbocycles. The minimum atomic E-state index is 0.614. The summed E-state index contributed by atoms with van der Waals surface area (Å²) in [5, 5.41) is 4.64. The molecule has 2 aliphatic carbocycles. The van der Waals surface area contributed by atoms with Gasteiger partial charge in [-0.25, -0.2) is 4.98 Å². The van der Waals surface area contributed by atoms with E-state index in [2.05, 4.69) is 36.5 Å². The van der Waals surface area contributed by atoms with Gasteiger partial charge in [-0.15, -0.1) is 11.3 Å². The molecular formula is C15H16N2S. The van der Waals surface area contributed by atoms with Crippen LogP contribution in [0.2, 0.25) is 0 Å². The van der Waals surface area contributed by atoms with Crippen molar-refractivity contribution in [3.63, 3.8) is 0 Å². The van der Waals surface area contributed by atoms with Crippen molar-refractivity contribution in [2.45, 2.75) is 38.1 Å². The second kappa shape index (κ2) is 3.82. The number of anilines is 1. The third-order valence-electron chi connectivity index (χ3n) is 3.84. The molecule has 1 saturated carbocycles. The van der Waals surface area contributed by atoms with E-state index in [0.29, 0.717) is 12.0 Å².